The summed E-state index contributed by atoms with van der Waals surface area (Å²) in [6.07, 6.45) is 2.42. The second kappa shape index (κ2) is 13.7. The standard InChI is InChI=1S/C31H30BrN3O6S/c1-5-20-6-9-22(10-7-20)33-28(36)16-35-30(38)27(42-31(35)39)15-21-8-13-25(26(14-21)40-4)41-17-29(37)34-24-12-11-23(32)18(2)19(24)3/h6-15H,5,16-17H2,1-4H3,(H,33,36)(H,34,37)/b27-15+. The first-order valence-corrected chi connectivity index (χ1v) is 14.7. The summed E-state index contributed by atoms with van der Waals surface area (Å²) in [5.74, 6) is -0.678. The molecule has 42 heavy (non-hydrogen) atoms. The van der Waals surface area contributed by atoms with E-state index in [-0.39, 0.29) is 17.4 Å². The largest absolute Gasteiger partial charge is 0.493 e. The fourth-order valence-corrected chi connectivity index (χ4v) is 5.37. The third-order valence-electron chi connectivity index (χ3n) is 6.66. The smallest absolute Gasteiger partial charge is 0.294 e. The molecule has 0 atom stereocenters. The van der Waals surface area contributed by atoms with Gasteiger partial charge < -0.3 is 20.1 Å². The van der Waals surface area contributed by atoms with E-state index in [4.69, 9.17) is 9.47 Å². The Balaban J connectivity index is 1.37. The molecule has 2 N–H and O–H groups in total. The van der Waals surface area contributed by atoms with Crippen LogP contribution in [0.1, 0.15) is 29.2 Å². The first kappa shape index (κ1) is 30.9. The van der Waals surface area contributed by atoms with Gasteiger partial charge in [0, 0.05) is 15.8 Å². The molecule has 1 aliphatic heterocycles. The molecule has 0 bridgehead atoms. The maximum atomic E-state index is 12.9. The van der Waals surface area contributed by atoms with Crippen LogP contribution in [-0.4, -0.2) is 48.1 Å². The number of rotatable bonds is 10. The van der Waals surface area contributed by atoms with Crippen molar-refractivity contribution in [2.75, 3.05) is 30.9 Å². The monoisotopic (exact) mass is 651 g/mol. The van der Waals surface area contributed by atoms with Gasteiger partial charge in [-0.3, -0.25) is 24.1 Å². The predicted molar refractivity (Wildman–Crippen MR) is 168 cm³/mol. The van der Waals surface area contributed by atoms with Gasteiger partial charge in [-0.25, -0.2) is 0 Å². The average Bonchev–Trinajstić information content (AvgIpc) is 3.24. The summed E-state index contributed by atoms with van der Waals surface area (Å²) in [7, 11) is 1.46. The van der Waals surface area contributed by atoms with E-state index in [2.05, 4.69) is 26.6 Å². The van der Waals surface area contributed by atoms with E-state index in [0.717, 1.165) is 44.2 Å². The lowest BCUT2D eigenvalue weighted by molar-refractivity contribution is -0.127. The fourth-order valence-electron chi connectivity index (χ4n) is 4.10. The topological polar surface area (TPSA) is 114 Å². The fraction of sp³-hybridized carbons (Fsp3) is 0.226. The van der Waals surface area contributed by atoms with Gasteiger partial charge in [0.15, 0.2) is 18.1 Å². The van der Waals surface area contributed by atoms with Crippen molar-refractivity contribution in [2.45, 2.75) is 27.2 Å². The van der Waals surface area contributed by atoms with Gasteiger partial charge in [-0.2, -0.15) is 0 Å². The van der Waals surface area contributed by atoms with Crippen molar-refractivity contribution in [1.29, 1.82) is 0 Å². The highest BCUT2D eigenvalue weighted by molar-refractivity contribution is 9.10. The highest BCUT2D eigenvalue weighted by Crippen LogP contribution is 2.34. The number of ether oxygens (including phenoxy) is 2. The number of imide groups is 1. The molecule has 1 heterocycles. The number of anilines is 2. The molecule has 218 valence electrons. The number of aryl methyl sites for hydroxylation is 1. The molecule has 9 nitrogen and oxygen atoms in total. The second-order valence-electron chi connectivity index (χ2n) is 9.46. The molecule has 4 amide bonds. The molecule has 0 unspecified atom stereocenters. The molecular formula is C31H30BrN3O6S. The minimum atomic E-state index is -0.559. The van der Waals surface area contributed by atoms with Crippen LogP contribution in [0.5, 0.6) is 11.5 Å². The van der Waals surface area contributed by atoms with Gasteiger partial charge in [-0.05, 0) is 96.8 Å². The van der Waals surface area contributed by atoms with E-state index >= 15 is 0 Å². The lowest BCUT2D eigenvalue weighted by Gasteiger charge is -2.14. The quantitative estimate of drug-likeness (QED) is 0.246. The van der Waals surface area contributed by atoms with Crippen molar-refractivity contribution in [1.82, 2.24) is 4.90 Å². The SMILES string of the molecule is CCc1ccc(NC(=O)CN2C(=O)S/C(=C/c3ccc(OCC(=O)Nc4ccc(Br)c(C)c4C)c(OC)c3)C2=O)cc1. The van der Waals surface area contributed by atoms with Crippen LogP contribution in [0.3, 0.4) is 0 Å². The highest BCUT2D eigenvalue weighted by Gasteiger charge is 2.36. The number of nitrogens with zero attached hydrogens (tertiary/aromatic N) is 1. The van der Waals surface area contributed by atoms with Crippen molar-refractivity contribution in [2.24, 2.45) is 0 Å². The zero-order valence-electron chi connectivity index (χ0n) is 23.6. The van der Waals surface area contributed by atoms with Gasteiger partial charge >= 0.3 is 0 Å². The summed E-state index contributed by atoms with van der Waals surface area (Å²) < 4.78 is 12.1. The second-order valence-corrected chi connectivity index (χ2v) is 11.3. The van der Waals surface area contributed by atoms with Crippen LogP contribution < -0.4 is 20.1 Å². The molecule has 3 aromatic carbocycles. The number of methoxy groups -OCH3 is 1. The van der Waals surface area contributed by atoms with E-state index in [1.54, 1.807) is 36.4 Å². The first-order chi connectivity index (χ1) is 20.1. The van der Waals surface area contributed by atoms with Gasteiger partial charge in [0.2, 0.25) is 5.91 Å². The molecule has 0 saturated carbocycles. The number of amides is 4. The molecule has 11 heteroatoms. The molecular weight excluding hydrogens is 622 g/mol. The minimum absolute atomic E-state index is 0.176. The minimum Gasteiger partial charge on any atom is -0.493 e. The number of hydrogen-bond donors (Lipinski definition) is 2. The molecule has 0 spiro atoms. The Kier molecular flexibility index (Phi) is 10.1. The third kappa shape index (κ3) is 7.40. The van der Waals surface area contributed by atoms with E-state index in [9.17, 15) is 19.2 Å². The average molecular weight is 653 g/mol. The normalized spacial score (nSPS) is 13.8. The van der Waals surface area contributed by atoms with E-state index < -0.39 is 23.6 Å². The summed E-state index contributed by atoms with van der Waals surface area (Å²) in [5, 5.41) is 5.03. The zero-order valence-corrected chi connectivity index (χ0v) is 26.0. The van der Waals surface area contributed by atoms with Gasteiger partial charge in [0.25, 0.3) is 17.1 Å². The Labute approximate surface area is 256 Å². The maximum Gasteiger partial charge on any atom is 0.294 e. The Morgan fingerprint density at radius 2 is 1.69 bits per heavy atom. The Morgan fingerprint density at radius 1 is 0.952 bits per heavy atom. The van der Waals surface area contributed by atoms with Crippen molar-refractivity contribution >= 4 is 68.1 Å². The van der Waals surface area contributed by atoms with Crippen LogP contribution in [-0.2, 0) is 20.8 Å². The van der Waals surface area contributed by atoms with E-state index in [0.29, 0.717) is 28.4 Å². The van der Waals surface area contributed by atoms with Crippen molar-refractivity contribution in [3.05, 3.63) is 86.2 Å². The molecule has 1 aliphatic rings. The van der Waals surface area contributed by atoms with Crippen LogP contribution in [0.2, 0.25) is 0 Å². The molecule has 1 saturated heterocycles. The number of carbonyl (C=O) groups excluding carboxylic acids is 4. The Hall–Kier alpha value is -4.09. The van der Waals surface area contributed by atoms with Crippen molar-refractivity contribution in [3.8, 4) is 11.5 Å². The summed E-state index contributed by atoms with van der Waals surface area (Å²) in [6.45, 7) is 5.29. The maximum absolute atomic E-state index is 12.9. The molecule has 0 aromatic heterocycles. The van der Waals surface area contributed by atoms with Gasteiger partial charge in [-0.15, -0.1) is 0 Å². The number of benzene rings is 3. The summed E-state index contributed by atoms with van der Waals surface area (Å²) in [5.41, 5.74) is 4.98. The highest BCUT2D eigenvalue weighted by atomic mass is 79.9. The van der Waals surface area contributed by atoms with Crippen LogP contribution in [0.4, 0.5) is 16.2 Å². The van der Waals surface area contributed by atoms with Crippen LogP contribution in [0, 0.1) is 13.8 Å². The third-order valence-corrected chi connectivity index (χ3v) is 8.43. The summed E-state index contributed by atoms with van der Waals surface area (Å²) >= 11 is 4.24. The number of thioether (sulfide) groups is 1. The number of hydrogen-bond acceptors (Lipinski definition) is 7. The molecule has 4 rings (SSSR count). The summed E-state index contributed by atoms with van der Waals surface area (Å²) in [6, 6.07) is 16.0. The molecule has 1 fully saturated rings. The first-order valence-electron chi connectivity index (χ1n) is 13.1. The van der Waals surface area contributed by atoms with Crippen molar-refractivity contribution < 1.29 is 28.7 Å². The summed E-state index contributed by atoms with van der Waals surface area (Å²) in [4.78, 5) is 51.6. The molecule has 0 radical (unpaired) electrons. The van der Waals surface area contributed by atoms with Crippen molar-refractivity contribution in [3.63, 3.8) is 0 Å². The van der Waals surface area contributed by atoms with E-state index in [1.165, 1.54) is 7.11 Å². The van der Waals surface area contributed by atoms with Crippen LogP contribution >= 0.6 is 27.7 Å². The molecule has 3 aromatic rings. The van der Waals surface area contributed by atoms with Crippen LogP contribution in [0.25, 0.3) is 6.08 Å². The lowest BCUT2D eigenvalue weighted by Crippen LogP contribution is -2.36. The predicted octanol–water partition coefficient (Wildman–Crippen LogP) is 6.33. The van der Waals surface area contributed by atoms with Gasteiger partial charge in [-0.1, -0.05) is 41.1 Å². The zero-order chi connectivity index (χ0) is 30.4. The number of nitrogens with one attached hydrogen (secondary N) is 2. The van der Waals surface area contributed by atoms with Crippen LogP contribution in [0.15, 0.2) is 64.0 Å². The van der Waals surface area contributed by atoms with E-state index in [1.807, 2.05) is 45.0 Å². The number of carbonyl (C=O) groups is 4. The van der Waals surface area contributed by atoms with Gasteiger partial charge in [0.1, 0.15) is 6.54 Å². The number of halogens is 1. The Morgan fingerprint density at radius 3 is 2.38 bits per heavy atom. The Bertz CT molecular complexity index is 1570. The van der Waals surface area contributed by atoms with Gasteiger partial charge in [0.05, 0.1) is 12.0 Å². The molecule has 0 aliphatic carbocycles. The lowest BCUT2D eigenvalue weighted by atomic mass is 10.1.